The Morgan fingerprint density at radius 2 is 1.97 bits per heavy atom. The highest BCUT2D eigenvalue weighted by Gasteiger charge is 2.56. The molecule has 6 nitrogen and oxygen atoms in total. The number of rotatable bonds is 9. The largest absolute Gasteiger partial charge is 0.508 e. The number of hydrogen-bond donors (Lipinski definition) is 2. The van der Waals surface area contributed by atoms with Gasteiger partial charge >= 0.3 is 0 Å². The lowest BCUT2D eigenvalue weighted by Crippen LogP contribution is -2.35. The first-order valence-electron chi connectivity index (χ1n) is 12.3. The Labute approximate surface area is 195 Å². The standard InChI is InChI=1S/C27H35NO5/c1-3-6-17(12-18-7-5-8-20(30)13-18)9-10-23-24-19(15-29)14-21-25(22(24)16-33-23)27(32)28(11-4-2)26(21)31/h5,7-8,12-13,21-23,25,29-30H,3-4,6,9-11,14-16H2,1-2H3/b17-12+/t21-,22+,23-,25-/m1/s1. The van der Waals surface area contributed by atoms with Crippen molar-refractivity contribution in [1.29, 1.82) is 0 Å². The van der Waals surface area contributed by atoms with Gasteiger partial charge in [0.2, 0.25) is 11.8 Å². The van der Waals surface area contributed by atoms with E-state index in [1.165, 1.54) is 10.5 Å². The van der Waals surface area contributed by atoms with E-state index >= 15 is 0 Å². The molecule has 2 aliphatic heterocycles. The molecule has 4 rings (SSSR count). The Balaban J connectivity index is 1.53. The lowest BCUT2D eigenvalue weighted by atomic mass is 9.69. The molecule has 1 aliphatic carbocycles. The van der Waals surface area contributed by atoms with Crippen LogP contribution in [0.25, 0.3) is 6.08 Å². The van der Waals surface area contributed by atoms with Crippen LogP contribution in [0, 0.1) is 17.8 Å². The fourth-order valence-electron chi connectivity index (χ4n) is 5.89. The Bertz CT molecular complexity index is 965. The molecule has 0 unspecified atom stereocenters. The lowest BCUT2D eigenvalue weighted by Gasteiger charge is -2.31. The molecular weight excluding hydrogens is 418 g/mol. The second kappa shape index (κ2) is 10.2. The van der Waals surface area contributed by atoms with Crippen molar-refractivity contribution in [1.82, 2.24) is 4.90 Å². The van der Waals surface area contributed by atoms with Gasteiger partial charge in [-0.25, -0.2) is 0 Å². The van der Waals surface area contributed by atoms with Crippen LogP contribution in [0.2, 0.25) is 0 Å². The summed E-state index contributed by atoms with van der Waals surface area (Å²) < 4.78 is 6.20. The first-order chi connectivity index (χ1) is 16.0. The maximum Gasteiger partial charge on any atom is 0.233 e. The van der Waals surface area contributed by atoms with Gasteiger partial charge in [-0.15, -0.1) is 0 Å². The summed E-state index contributed by atoms with van der Waals surface area (Å²) in [6.45, 7) is 4.93. The van der Waals surface area contributed by atoms with Gasteiger partial charge in [-0.2, -0.15) is 0 Å². The van der Waals surface area contributed by atoms with Gasteiger partial charge in [0.1, 0.15) is 5.75 Å². The van der Waals surface area contributed by atoms with Gasteiger partial charge < -0.3 is 14.9 Å². The molecule has 0 saturated carbocycles. The molecule has 0 aromatic heterocycles. The number of carbonyl (C=O) groups excluding carboxylic acids is 2. The topological polar surface area (TPSA) is 87.1 Å². The lowest BCUT2D eigenvalue weighted by molar-refractivity contribution is -0.140. The molecule has 4 atom stereocenters. The molecule has 2 amide bonds. The Hall–Kier alpha value is -2.44. The third-order valence-corrected chi connectivity index (χ3v) is 7.28. The number of aromatic hydroxyl groups is 1. The number of aliphatic hydroxyl groups excluding tert-OH is 1. The van der Waals surface area contributed by atoms with Crippen LogP contribution in [-0.2, 0) is 14.3 Å². The van der Waals surface area contributed by atoms with Crippen molar-refractivity contribution in [3.63, 3.8) is 0 Å². The first-order valence-corrected chi connectivity index (χ1v) is 12.3. The Morgan fingerprint density at radius 1 is 1.15 bits per heavy atom. The summed E-state index contributed by atoms with van der Waals surface area (Å²) in [6.07, 6.45) is 6.81. The van der Waals surface area contributed by atoms with Crippen molar-refractivity contribution < 1.29 is 24.5 Å². The van der Waals surface area contributed by atoms with E-state index in [0.717, 1.165) is 48.8 Å². The minimum absolute atomic E-state index is 0.0638. The van der Waals surface area contributed by atoms with E-state index in [-0.39, 0.29) is 48.0 Å². The summed E-state index contributed by atoms with van der Waals surface area (Å²) in [5, 5.41) is 19.9. The molecule has 0 spiro atoms. The molecule has 2 N–H and O–H groups in total. The smallest absolute Gasteiger partial charge is 0.233 e. The minimum Gasteiger partial charge on any atom is -0.508 e. The van der Waals surface area contributed by atoms with Crippen LogP contribution < -0.4 is 0 Å². The van der Waals surface area contributed by atoms with E-state index in [4.69, 9.17) is 4.74 Å². The van der Waals surface area contributed by atoms with Crippen molar-refractivity contribution >= 4 is 17.9 Å². The van der Waals surface area contributed by atoms with E-state index in [2.05, 4.69) is 13.0 Å². The second-order valence-corrected chi connectivity index (χ2v) is 9.50. The van der Waals surface area contributed by atoms with Crippen LogP contribution in [-0.4, -0.2) is 52.8 Å². The third kappa shape index (κ3) is 4.64. The number of benzene rings is 1. The Morgan fingerprint density at radius 3 is 2.67 bits per heavy atom. The van der Waals surface area contributed by atoms with Gasteiger partial charge in [0, 0.05) is 12.5 Å². The van der Waals surface area contributed by atoms with E-state index in [1.807, 2.05) is 19.1 Å². The monoisotopic (exact) mass is 453 g/mol. The number of aliphatic hydroxyl groups is 1. The zero-order valence-corrected chi connectivity index (χ0v) is 19.6. The number of imide groups is 1. The van der Waals surface area contributed by atoms with Crippen LogP contribution in [0.15, 0.2) is 41.0 Å². The van der Waals surface area contributed by atoms with Crippen LogP contribution in [0.3, 0.4) is 0 Å². The summed E-state index contributed by atoms with van der Waals surface area (Å²) in [5.74, 6) is -0.714. The summed E-state index contributed by atoms with van der Waals surface area (Å²) in [6, 6.07) is 7.25. The highest BCUT2D eigenvalue weighted by atomic mass is 16.5. The predicted octanol–water partition coefficient (Wildman–Crippen LogP) is 4.07. The first kappa shape index (κ1) is 23.7. The number of allylic oxidation sites excluding steroid dienone is 1. The van der Waals surface area contributed by atoms with Crippen molar-refractivity contribution in [3.05, 3.63) is 46.5 Å². The summed E-state index contributed by atoms with van der Waals surface area (Å²) >= 11 is 0. The molecule has 3 aliphatic rings. The van der Waals surface area contributed by atoms with Crippen LogP contribution in [0.4, 0.5) is 0 Å². The van der Waals surface area contributed by atoms with Crippen LogP contribution in [0.5, 0.6) is 5.75 Å². The maximum absolute atomic E-state index is 13.1. The maximum atomic E-state index is 13.1. The van der Waals surface area contributed by atoms with Crippen molar-refractivity contribution in [2.45, 2.75) is 58.5 Å². The van der Waals surface area contributed by atoms with Crippen molar-refractivity contribution in [2.24, 2.45) is 17.8 Å². The number of carbonyl (C=O) groups is 2. The number of phenolic OH excluding ortho intramolecular Hbond substituents is 1. The molecule has 0 radical (unpaired) electrons. The molecule has 178 valence electrons. The highest BCUT2D eigenvalue weighted by molar-refractivity contribution is 6.05. The number of phenols is 1. The van der Waals surface area contributed by atoms with E-state index in [0.29, 0.717) is 19.6 Å². The molecule has 33 heavy (non-hydrogen) atoms. The normalized spacial score (nSPS) is 27.4. The SMILES string of the molecule is CCC/C(=C\c1cccc(O)c1)CC[C@H]1OC[C@H]2C1=C(CO)C[C@H]1C(=O)N(CCC)C(=O)[C@H]12. The van der Waals surface area contributed by atoms with Crippen molar-refractivity contribution in [2.75, 3.05) is 19.8 Å². The molecular formula is C27H35NO5. The minimum atomic E-state index is -0.358. The number of amides is 2. The van der Waals surface area contributed by atoms with Gasteiger partial charge in [-0.3, -0.25) is 14.5 Å². The number of hydrogen-bond acceptors (Lipinski definition) is 5. The van der Waals surface area contributed by atoms with E-state index < -0.39 is 0 Å². The predicted molar refractivity (Wildman–Crippen MR) is 126 cm³/mol. The number of ether oxygens (including phenoxy) is 1. The molecule has 2 fully saturated rings. The average molecular weight is 454 g/mol. The molecule has 1 aromatic rings. The Kier molecular flexibility index (Phi) is 7.35. The third-order valence-electron chi connectivity index (χ3n) is 7.28. The van der Waals surface area contributed by atoms with E-state index in [1.54, 1.807) is 12.1 Å². The van der Waals surface area contributed by atoms with E-state index in [9.17, 15) is 19.8 Å². The summed E-state index contributed by atoms with van der Waals surface area (Å²) in [5.41, 5.74) is 4.21. The zero-order valence-electron chi connectivity index (χ0n) is 19.6. The van der Waals surface area contributed by atoms with Gasteiger partial charge in [-0.05, 0) is 60.9 Å². The molecule has 2 heterocycles. The summed E-state index contributed by atoms with van der Waals surface area (Å²) in [7, 11) is 0. The van der Waals surface area contributed by atoms with Gasteiger partial charge in [0.25, 0.3) is 0 Å². The second-order valence-electron chi connectivity index (χ2n) is 9.50. The van der Waals surface area contributed by atoms with Gasteiger partial charge in [0.05, 0.1) is 31.2 Å². The van der Waals surface area contributed by atoms with Crippen LogP contribution >= 0.6 is 0 Å². The number of nitrogens with zero attached hydrogens (tertiary/aromatic N) is 1. The van der Waals surface area contributed by atoms with Crippen molar-refractivity contribution in [3.8, 4) is 5.75 Å². The van der Waals surface area contributed by atoms with Gasteiger partial charge in [-0.1, -0.05) is 44.1 Å². The number of fused-ring (bicyclic) bond motifs is 3. The highest BCUT2D eigenvalue weighted by Crippen LogP contribution is 2.49. The average Bonchev–Trinajstić information content (AvgIpc) is 3.32. The fraction of sp³-hybridized carbons (Fsp3) is 0.556. The molecule has 0 bridgehead atoms. The molecule has 1 aromatic carbocycles. The number of likely N-dealkylation sites (tertiary alicyclic amines) is 1. The summed E-state index contributed by atoms with van der Waals surface area (Å²) in [4.78, 5) is 27.4. The molecule has 2 saturated heterocycles. The quantitative estimate of drug-likeness (QED) is 0.435. The van der Waals surface area contributed by atoms with Crippen LogP contribution in [0.1, 0.15) is 57.9 Å². The molecule has 6 heteroatoms. The fourth-order valence-corrected chi connectivity index (χ4v) is 5.89. The van der Waals surface area contributed by atoms with Gasteiger partial charge in [0.15, 0.2) is 0 Å². The zero-order chi connectivity index (χ0) is 23.5.